The summed E-state index contributed by atoms with van der Waals surface area (Å²) < 4.78 is 4.60. The molecule has 0 spiro atoms. The summed E-state index contributed by atoms with van der Waals surface area (Å²) in [6.07, 6.45) is 13.7. The minimum Gasteiger partial charge on any atom is -0.469 e. The molecule has 0 saturated heterocycles. The third kappa shape index (κ3) is 15.4. The van der Waals surface area contributed by atoms with Crippen LogP contribution in [0.2, 0.25) is 0 Å². The molecular formula is C16H32O3. The lowest BCUT2D eigenvalue weighted by atomic mass is 10.0. The van der Waals surface area contributed by atoms with Crippen molar-refractivity contribution in [1.82, 2.24) is 0 Å². The van der Waals surface area contributed by atoms with Crippen LogP contribution in [0.5, 0.6) is 0 Å². The molecule has 0 bridgehead atoms. The Kier molecular flexibility index (Phi) is 13.4. The molecule has 0 aliphatic rings. The van der Waals surface area contributed by atoms with Crippen molar-refractivity contribution in [3.05, 3.63) is 0 Å². The van der Waals surface area contributed by atoms with Crippen LogP contribution in [0.3, 0.4) is 0 Å². The van der Waals surface area contributed by atoms with Gasteiger partial charge in [-0.25, -0.2) is 0 Å². The van der Waals surface area contributed by atoms with E-state index in [1.54, 1.807) is 0 Å². The lowest BCUT2D eigenvalue weighted by Gasteiger charge is -2.04. The second-order valence-corrected chi connectivity index (χ2v) is 5.50. The van der Waals surface area contributed by atoms with E-state index in [-0.39, 0.29) is 12.1 Å². The summed E-state index contributed by atoms with van der Waals surface area (Å²) >= 11 is 0. The highest BCUT2D eigenvalue weighted by molar-refractivity contribution is 5.68. The molecule has 0 aromatic carbocycles. The second kappa shape index (κ2) is 13.9. The Morgan fingerprint density at radius 2 is 1.32 bits per heavy atom. The van der Waals surface area contributed by atoms with Crippen LogP contribution in [0.1, 0.15) is 84.0 Å². The van der Waals surface area contributed by atoms with E-state index in [1.165, 1.54) is 52.1 Å². The number of aliphatic hydroxyl groups excluding tert-OH is 1. The third-order valence-corrected chi connectivity index (χ3v) is 3.48. The Balaban J connectivity index is 3.01. The summed E-state index contributed by atoms with van der Waals surface area (Å²) in [6.45, 7) is 1.86. The number of esters is 1. The van der Waals surface area contributed by atoms with Crippen LogP contribution in [0.15, 0.2) is 0 Å². The molecule has 0 saturated carbocycles. The molecule has 19 heavy (non-hydrogen) atoms. The number of ether oxygens (including phenoxy) is 1. The van der Waals surface area contributed by atoms with E-state index in [1.807, 2.05) is 6.92 Å². The van der Waals surface area contributed by atoms with Crippen LogP contribution in [0.4, 0.5) is 0 Å². The third-order valence-electron chi connectivity index (χ3n) is 3.48. The molecule has 1 atom stereocenters. The zero-order valence-electron chi connectivity index (χ0n) is 12.8. The highest BCUT2D eigenvalue weighted by Gasteiger charge is 1.99. The van der Waals surface area contributed by atoms with Gasteiger partial charge in [-0.05, 0) is 19.8 Å². The van der Waals surface area contributed by atoms with Gasteiger partial charge in [0.1, 0.15) is 0 Å². The number of carbonyl (C=O) groups excluding carboxylic acids is 1. The maximum Gasteiger partial charge on any atom is 0.305 e. The van der Waals surface area contributed by atoms with Crippen molar-refractivity contribution in [3.8, 4) is 0 Å². The quantitative estimate of drug-likeness (QED) is 0.403. The van der Waals surface area contributed by atoms with Crippen LogP contribution in [0, 0.1) is 0 Å². The standard InChI is InChI=1S/C16H32O3/c1-15(17)13-11-9-7-5-3-4-6-8-10-12-14-16(18)19-2/h15,17H,3-14H2,1-2H3. The van der Waals surface area contributed by atoms with E-state index >= 15 is 0 Å². The van der Waals surface area contributed by atoms with Gasteiger partial charge in [-0.1, -0.05) is 57.8 Å². The van der Waals surface area contributed by atoms with E-state index in [2.05, 4.69) is 4.74 Å². The van der Waals surface area contributed by atoms with Gasteiger partial charge >= 0.3 is 5.97 Å². The molecule has 0 aliphatic heterocycles. The number of aliphatic hydroxyl groups is 1. The van der Waals surface area contributed by atoms with Gasteiger partial charge in [0, 0.05) is 6.42 Å². The highest BCUT2D eigenvalue weighted by atomic mass is 16.5. The Morgan fingerprint density at radius 1 is 0.895 bits per heavy atom. The number of methoxy groups -OCH3 is 1. The average Bonchev–Trinajstić information content (AvgIpc) is 2.39. The van der Waals surface area contributed by atoms with Crippen LogP contribution < -0.4 is 0 Å². The molecule has 114 valence electrons. The van der Waals surface area contributed by atoms with E-state index < -0.39 is 0 Å². The van der Waals surface area contributed by atoms with Crippen molar-refractivity contribution in [2.24, 2.45) is 0 Å². The van der Waals surface area contributed by atoms with Gasteiger partial charge in [0.25, 0.3) is 0 Å². The highest BCUT2D eigenvalue weighted by Crippen LogP contribution is 2.12. The number of carbonyl (C=O) groups is 1. The van der Waals surface area contributed by atoms with Crippen LogP contribution in [-0.4, -0.2) is 24.3 Å². The predicted molar refractivity (Wildman–Crippen MR) is 79.1 cm³/mol. The van der Waals surface area contributed by atoms with Crippen molar-refractivity contribution >= 4 is 5.97 Å². The number of hydrogen-bond acceptors (Lipinski definition) is 3. The zero-order valence-corrected chi connectivity index (χ0v) is 12.8. The van der Waals surface area contributed by atoms with Crippen molar-refractivity contribution in [1.29, 1.82) is 0 Å². The fourth-order valence-electron chi connectivity index (χ4n) is 2.23. The fourth-order valence-corrected chi connectivity index (χ4v) is 2.23. The minimum absolute atomic E-state index is 0.0859. The molecule has 0 rings (SSSR count). The summed E-state index contributed by atoms with van der Waals surface area (Å²) in [5.41, 5.74) is 0. The Morgan fingerprint density at radius 3 is 1.74 bits per heavy atom. The van der Waals surface area contributed by atoms with Gasteiger partial charge < -0.3 is 9.84 Å². The summed E-state index contributed by atoms with van der Waals surface area (Å²) in [5.74, 6) is -0.0859. The van der Waals surface area contributed by atoms with Gasteiger partial charge in [-0.2, -0.15) is 0 Å². The van der Waals surface area contributed by atoms with Gasteiger partial charge in [-0.3, -0.25) is 4.79 Å². The van der Waals surface area contributed by atoms with E-state index in [4.69, 9.17) is 5.11 Å². The Hall–Kier alpha value is -0.570. The number of hydrogen-bond donors (Lipinski definition) is 1. The fraction of sp³-hybridized carbons (Fsp3) is 0.938. The van der Waals surface area contributed by atoms with Crippen LogP contribution in [-0.2, 0) is 9.53 Å². The van der Waals surface area contributed by atoms with Crippen LogP contribution >= 0.6 is 0 Å². The lowest BCUT2D eigenvalue weighted by Crippen LogP contribution is -1.99. The summed E-state index contributed by atoms with van der Waals surface area (Å²) in [4.78, 5) is 10.9. The largest absolute Gasteiger partial charge is 0.469 e. The molecule has 0 aromatic heterocycles. The monoisotopic (exact) mass is 272 g/mol. The molecule has 0 radical (unpaired) electrons. The predicted octanol–water partition coefficient (Wildman–Crippen LogP) is 4.22. The first-order valence-electron chi connectivity index (χ1n) is 7.91. The van der Waals surface area contributed by atoms with Crippen molar-refractivity contribution in [3.63, 3.8) is 0 Å². The molecule has 1 N–H and O–H groups in total. The Labute approximate surface area is 118 Å². The first kappa shape index (κ1) is 18.4. The zero-order chi connectivity index (χ0) is 14.3. The maximum absolute atomic E-state index is 10.9. The Bertz CT molecular complexity index is 202. The minimum atomic E-state index is -0.134. The molecule has 3 heteroatoms. The molecular weight excluding hydrogens is 240 g/mol. The van der Waals surface area contributed by atoms with E-state index in [0.717, 1.165) is 25.7 Å². The number of unbranched alkanes of at least 4 members (excludes halogenated alkanes) is 9. The van der Waals surface area contributed by atoms with Gasteiger partial charge in [0.15, 0.2) is 0 Å². The summed E-state index contributed by atoms with van der Waals surface area (Å²) in [5, 5.41) is 9.12. The van der Waals surface area contributed by atoms with E-state index in [0.29, 0.717) is 6.42 Å². The summed E-state index contributed by atoms with van der Waals surface area (Å²) in [6, 6.07) is 0. The molecule has 0 amide bonds. The van der Waals surface area contributed by atoms with Crippen molar-refractivity contribution in [2.45, 2.75) is 90.1 Å². The smallest absolute Gasteiger partial charge is 0.305 e. The molecule has 3 nitrogen and oxygen atoms in total. The SMILES string of the molecule is COC(=O)CCCCCCCCCCCCC(C)O. The van der Waals surface area contributed by atoms with Crippen LogP contribution in [0.25, 0.3) is 0 Å². The second-order valence-electron chi connectivity index (χ2n) is 5.50. The number of rotatable bonds is 13. The molecule has 0 aromatic rings. The topological polar surface area (TPSA) is 46.5 Å². The lowest BCUT2D eigenvalue weighted by molar-refractivity contribution is -0.140. The first-order valence-corrected chi connectivity index (χ1v) is 7.91. The first-order chi connectivity index (χ1) is 9.16. The maximum atomic E-state index is 10.9. The van der Waals surface area contributed by atoms with Crippen molar-refractivity contribution < 1.29 is 14.6 Å². The summed E-state index contributed by atoms with van der Waals surface area (Å²) in [7, 11) is 1.45. The van der Waals surface area contributed by atoms with Gasteiger partial charge in [-0.15, -0.1) is 0 Å². The van der Waals surface area contributed by atoms with Crippen molar-refractivity contribution in [2.75, 3.05) is 7.11 Å². The molecule has 0 heterocycles. The normalized spacial score (nSPS) is 12.4. The molecule has 0 aliphatic carbocycles. The molecule has 0 fully saturated rings. The van der Waals surface area contributed by atoms with Gasteiger partial charge in [0.05, 0.1) is 13.2 Å². The van der Waals surface area contributed by atoms with Gasteiger partial charge in [0.2, 0.25) is 0 Å². The average molecular weight is 272 g/mol. The van der Waals surface area contributed by atoms with E-state index in [9.17, 15) is 4.79 Å². The molecule has 1 unspecified atom stereocenters.